The van der Waals surface area contributed by atoms with Crippen LogP contribution < -0.4 is 5.32 Å². The molecule has 1 aromatic heterocycles. The standard InChI is InChI=1S/C12H19N3/c1-7-3-9(4-7)12-10-6-13-8(2)5-11(10)14-15-12/h7-9,13H,3-6H2,1-2H3,(H,14,15). The molecule has 1 atom stereocenters. The van der Waals surface area contributed by atoms with Crippen LogP contribution in [0, 0.1) is 5.92 Å². The summed E-state index contributed by atoms with van der Waals surface area (Å²) in [6.07, 6.45) is 3.75. The Labute approximate surface area is 90.7 Å². The minimum Gasteiger partial charge on any atom is -0.310 e. The van der Waals surface area contributed by atoms with E-state index in [1.165, 1.54) is 29.8 Å². The van der Waals surface area contributed by atoms with Crippen molar-refractivity contribution in [3.8, 4) is 0 Å². The first-order valence-electron chi connectivity index (χ1n) is 6.03. The number of hydrogen-bond acceptors (Lipinski definition) is 2. The molecule has 0 spiro atoms. The lowest BCUT2D eigenvalue weighted by Gasteiger charge is -2.32. The Morgan fingerprint density at radius 2 is 2.07 bits per heavy atom. The number of fused-ring (bicyclic) bond motifs is 1. The van der Waals surface area contributed by atoms with E-state index in [2.05, 4.69) is 29.4 Å². The molecule has 3 rings (SSSR count). The molecule has 15 heavy (non-hydrogen) atoms. The van der Waals surface area contributed by atoms with E-state index in [-0.39, 0.29) is 0 Å². The zero-order valence-electron chi connectivity index (χ0n) is 9.51. The number of aromatic amines is 1. The first kappa shape index (κ1) is 9.40. The Morgan fingerprint density at radius 1 is 1.27 bits per heavy atom. The van der Waals surface area contributed by atoms with Gasteiger partial charge in [0.25, 0.3) is 0 Å². The highest BCUT2D eigenvalue weighted by atomic mass is 15.1. The molecule has 0 amide bonds. The summed E-state index contributed by atoms with van der Waals surface area (Å²) in [4.78, 5) is 0. The van der Waals surface area contributed by atoms with Gasteiger partial charge in [-0.15, -0.1) is 0 Å². The van der Waals surface area contributed by atoms with Crippen LogP contribution in [0.5, 0.6) is 0 Å². The zero-order chi connectivity index (χ0) is 10.4. The quantitative estimate of drug-likeness (QED) is 0.735. The molecule has 3 heteroatoms. The summed E-state index contributed by atoms with van der Waals surface area (Å²) in [7, 11) is 0. The van der Waals surface area contributed by atoms with Crippen LogP contribution in [-0.4, -0.2) is 16.2 Å². The topological polar surface area (TPSA) is 40.7 Å². The lowest BCUT2D eigenvalue weighted by atomic mass is 9.73. The van der Waals surface area contributed by atoms with Crippen molar-refractivity contribution in [3.05, 3.63) is 17.0 Å². The van der Waals surface area contributed by atoms with Crippen molar-refractivity contribution in [2.75, 3.05) is 0 Å². The fourth-order valence-corrected chi connectivity index (χ4v) is 2.90. The highest BCUT2D eigenvalue weighted by Gasteiger charge is 2.32. The predicted octanol–water partition coefficient (Wildman–Crippen LogP) is 1.96. The average molecular weight is 205 g/mol. The van der Waals surface area contributed by atoms with Crippen molar-refractivity contribution in [1.82, 2.24) is 15.5 Å². The van der Waals surface area contributed by atoms with Gasteiger partial charge in [-0.1, -0.05) is 6.92 Å². The van der Waals surface area contributed by atoms with Crippen LogP contribution in [0.4, 0.5) is 0 Å². The monoisotopic (exact) mass is 205 g/mol. The third-order valence-electron chi connectivity index (χ3n) is 3.88. The zero-order valence-corrected chi connectivity index (χ0v) is 9.51. The van der Waals surface area contributed by atoms with Crippen molar-refractivity contribution < 1.29 is 0 Å². The summed E-state index contributed by atoms with van der Waals surface area (Å²) in [5, 5.41) is 11.3. The summed E-state index contributed by atoms with van der Waals surface area (Å²) in [5.41, 5.74) is 4.18. The molecule has 0 aromatic carbocycles. The van der Waals surface area contributed by atoms with Gasteiger partial charge < -0.3 is 5.32 Å². The number of nitrogens with zero attached hydrogens (tertiary/aromatic N) is 1. The van der Waals surface area contributed by atoms with E-state index >= 15 is 0 Å². The van der Waals surface area contributed by atoms with Crippen LogP contribution >= 0.6 is 0 Å². The molecule has 0 saturated heterocycles. The fourth-order valence-electron chi connectivity index (χ4n) is 2.90. The average Bonchev–Trinajstić information content (AvgIpc) is 2.55. The van der Waals surface area contributed by atoms with Crippen molar-refractivity contribution in [3.63, 3.8) is 0 Å². The minimum atomic E-state index is 0.589. The second kappa shape index (κ2) is 3.34. The summed E-state index contributed by atoms with van der Waals surface area (Å²) in [5.74, 6) is 1.63. The number of hydrogen-bond donors (Lipinski definition) is 2. The minimum absolute atomic E-state index is 0.589. The van der Waals surface area contributed by atoms with Gasteiger partial charge in [0.2, 0.25) is 0 Å². The highest BCUT2D eigenvalue weighted by molar-refractivity contribution is 5.31. The van der Waals surface area contributed by atoms with E-state index in [1.807, 2.05) is 0 Å². The molecule has 0 bridgehead atoms. The Hall–Kier alpha value is -0.830. The first-order valence-corrected chi connectivity index (χ1v) is 6.03. The maximum absolute atomic E-state index is 4.52. The summed E-state index contributed by atoms with van der Waals surface area (Å²) >= 11 is 0. The Morgan fingerprint density at radius 3 is 2.80 bits per heavy atom. The molecule has 2 aliphatic rings. The number of H-pyrrole nitrogens is 1. The SMILES string of the molecule is CC1CC(c2n[nH]c3c2CNC(C)C3)C1. The normalized spacial score (nSPS) is 34.7. The van der Waals surface area contributed by atoms with Gasteiger partial charge in [-0.25, -0.2) is 0 Å². The molecule has 1 unspecified atom stereocenters. The largest absolute Gasteiger partial charge is 0.310 e. The number of rotatable bonds is 1. The van der Waals surface area contributed by atoms with Crippen LogP contribution in [0.15, 0.2) is 0 Å². The lowest BCUT2D eigenvalue weighted by Crippen LogP contribution is -2.33. The molecule has 1 aliphatic heterocycles. The van der Waals surface area contributed by atoms with Gasteiger partial charge in [0.1, 0.15) is 0 Å². The van der Waals surface area contributed by atoms with Crippen molar-refractivity contribution in [2.24, 2.45) is 5.92 Å². The van der Waals surface area contributed by atoms with Crippen molar-refractivity contribution in [1.29, 1.82) is 0 Å². The van der Waals surface area contributed by atoms with Gasteiger partial charge in [0, 0.05) is 36.2 Å². The van der Waals surface area contributed by atoms with Crippen molar-refractivity contribution in [2.45, 2.75) is 51.6 Å². The third kappa shape index (κ3) is 1.49. The lowest BCUT2D eigenvalue weighted by molar-refractivity contribution is 0.281. The van der Waals surface area contributed by atoms with Gasteiger partial charge in [-0.05, 0) is 25.7 Å². The van der Waals surface area contributed by atoms with E-state index in [4.69, 9.17) is 0 Å². The summed E-state index contributed by atoms with van der Waals surface area (Å²) in [6.45, 7) is 5.57. The molecule has 1 aliphatic carbocycles. The van der Waals surface area contributed by atoms with Crippen LogP contribution in [-0.2, 0) is 13.0 Å². The van der Waals surface area contributed by atoms with E-state index in [1.54, 1.807) is 0 Å². The maximum Gasteiger partial charge on any atom is 0.0701 e. The predicted molar refractivity (Wildman–Crippen MR) is 59.7 cm³/mol. The Balaban J connectivity index is 1.85. The van der Waals surface area contributed by atoms with Crippen LogP contribution in [0.25, 0.3) is 0 Å². The first-order chi connectivity index (χ1) is 7.24. The van der Waals surface area contributed by atoms with Gasteiger partial charge in [0.15, 0.2) is 0 Å². The second-order valence-corrected chi connectivity index (χ2v) is 5.33. The number of nitrogens with one attached hydrogen (secondary N) is 2. The van der Waals surface area contributed by atoms with E-state index in [0.29, 0.717) is 6.04 Å². The van der Waals surface area contributed by atoms with Crippen molar-refractivity contribution >= 4 is 0 Å². The van der Waals surface area contributed by atoms with Gasteiger partial charge >= 0.3 is 0 Å². The Bertz CT molecular complexity index is 363. The molecule has 3 nitrogen and oxygen atoms in total. The third-order valence-corrected chi connectivity index (χ3v) is 3.88. The molecular formula is C12H19N3. The molecule has 1 fully saturated rings. The Kier molecular flexibility index (Phi) is 2.09. The smallest absolute Gasteiger partial charge is 0.0701 e. The van der Waals surface area contributed by atoms with Crippen LogP contribution in [0.3, 0.4) is 0 Å². The maximum atomic E-state index is 4.52. The van der Waals surface area contributed by atoms with Crippen LogP contribution in [0.2, 0.25) is 0 Å². The molecule has 1 aromatic rings. The van der Waals surface area contributed by atoms with Gasteiger partial charge in [-0.2, -0.15) is 5.10 Å². The van der Waals surface area contributed by atoms with E-state index < -0.39 is 0 Å². The molecule has 2 N–H and O–H groups in total. The number of aromatic nitrogens is 2. The summed E-state index contributed by atoms with van der Waals surface area (Å²) in [6, 6.07) is 0.589. The molecule has 0 radical (unpaired) electrons. The second-order valence-electron chi connectivity index (χ2n) is 5.33. The van der Waals surface area contributed by atoms with E-state index in [0.717, 1.165) is 24.8 Å². The highest BCUT2D eigenvalue weighted by Crippen LogP contribution is 2.42. The van der Waals surface area contributed by atoms with Gasteiger partial charge in [-0.3, -0.25) is 5.10 Å². The summed E-state index contributed by atoms with van der Waals surface area (Å²) < 4.78 is 0. The fraction of sp³-hybridized carbons (Fsp3) is 0.750. The molecule has 2 heterocycles. The van der Waals surface area contributed by atoms with Gasteiger partial charge in [0.05, 0.1) is 5.69 Å². The van der Waals surface area contributed by atoms with Crippen LogP contribution in [0.1, 0.15) is 49.6 Å². The molecule has 1 saturated carbocycles. The van der Waals surface area contributed by atoms with E-state index in [9.17, 15) is 0 Å². The molecular weight excluding hydrogens is 186 g/mol. The molecule has 82 valence electrons.